The molecule has 1 N–H and O–H groups in total. The Kier molecular flexibility index (Phi) is 5.32. The van der Waals surface area contributed by atoms with Crippen LogP contribution in [0.1, 0.15) is 34.4 Å². The Balaban J connectivity index is 1.38. The molecule has 0 unspecified atom stereocenters. The first-order valence-corrected chi connectivity index (χ1v) is 11.2. The summed E-state index contributed by atoms with van der Waals surface area (Å²) in [5.74, 6) is 0.389. The van der Waals surface area contributed by atoms with E-state index in [9.17, 15) is 9.59 Å². The summed E-state index contributed by atoms with van der Waals surface area (Å²) >= 11 is 0. The van der Waals surface area contributed by atoms with E-state index < -0.39 is 5.63 Å². The first-order chi connectivity index (χ1) is 16.3. The number of furan rings is 1. The second-order valence-corrected chi connectivity index (χ2v) is 8.72. The van der Waals surface area contributed by atoms with Crippen molar-refractivity contribution >= 4 is 33.7 Å². The van der Waals surface area contributed by atoms with Gasteiger partial charge in [-0.2, -0.15) is 5.10 Å². The van der Waals surface area contributed by atoms with Gasteiger partial charge in [0, 0.05) is 34.9 Å². The van der Waals surface area contributed by atoms with Gasteiger partial charge in [-0.05, 0) is 63.4 Å². The normalized spacial score (nSPS) is 11.4. The summed E-state index contributed by atoms with van der Waals surface area (Å²) in [4.78, 5) is 25.5. The molecular formula is C27H25N3O4. The van der Waals surface area contributed by atoms with Gasteiger partial charge < -0.3 is 14.2 Å². The number of anilines is 1. The molecule has 2 aromatic carbocycles. The molecule has 34 heavy (non-hydrogen) atoms. The number of aromatic nitrogens is 2. The fourth-order valence-electron chi connectivity index (χ4n) is 4.24. The van der Waals surface area contributed by atoms with Crippen molar-refractivity contribution in [1.82, 2.24) is 9.78 Å². The molecule has 0 atom stereocenters. The molecular weight excluding hydrogens is 430 g/mol. The number of hydrogen-bond donors (Lipinski definition) is 1. The molecule has 3 aromatic heterocycles. The van der Waals surface area contributed by atoms with Gasteiger partial charge in [-0.25, -0.2) is 9.48 Å². The van der Waals surface area contributed by atoms with E-state index in [1.807, 2.05) is 64.1 Å². The van der Waals surface area contributed by atoms with Crippen LogP contribution in [0.25, 0.3) is 27.6 Å². The summed E-state index contributed by atoms with van der Waals surface area (Å²) < 4.78 is 12.8. The van der Waals surface area contributed by atoms with Crippen LogP contribution < -0.4 is 10.9 Å². The highest BCUT2D eigenvalue weighted by atomic mass is 16.4. The lowest BCUT2D eigenvalue weighted by Gasteiger charge is -2.10. The topological polar surface area (TPSA) is 90.3 Å². The Morgan fingerprint density at radius 2 is 1.76 bits per heavy atom. The van der Waals surface area contributed by atoms with Gasteiger partial charge in [-0.3, -0.25) is 4.79 Å². The van der Waals surface area contributed by atoms with Gasteiger partial charge in [0.15, 0.2) is 0 Å². The van der Waals surface area contributed by atoms with Gasteiger partial charge in [0.25, 0.3) is 0 Å². The van der Waals surface area contributed by atoms with Crippen molar-refractivity contribution < 1.29 is 13.6 Å². The van der Waals surface area contributed by atoms with E-state index in [1.165, 1.54) is 0 Å². The summed E-state index contributed by atoms with van der Waals surface area (Å²) in [7, 11) is 0. The van der Waals surface area contributed by atoms with Crippen LogP contribution in [-0.2, 0) is 11.2 Å². The van der Waals surface area contributed by atoms with Gasteiger partial charge >= 0.3 is 5.63 Å². The highest BCUT2D eigenvalue weighted by Gasteiger charge is 2.17. The summed E-state index contributed by atoms with van der Waals surface area (Å²) in [5.41, 5.74) is 5.88. The quantitative estimate of drug-likeness (QED) is 0.352. The second kappa shape index (κ2) is 8.33. The molecule has 0 aliphatic carbocycles. The standard InChI is InChI=1S/C27H25N3O4/c1-15-5-7-19(8-6-15)30-25(11-17(3)29-30)28-26(31)10-9-20-18(4)22-12-21-16(2)14-33-23(21)13-24(22)34-27(20)32/h5-8,11-14H,9-10H2,1-4H3,(H,28,31). The molecule has 0 aliphatic heterocycles. The molecule has 0 radical (unpaired) electrons. The van der Waals surface area contributed by atoms with E-state index in [1.54, 1.807) is 17.0 Å². The molecule has 0 saturated heterocycles. The Labute approximate surface area is 196 Å². The van der Waals surface area contributed by atoms with Crippen molar-refractivity contribution in [1.29, 1.82) is 0 Å². The van der Waals surface area contributed by atoms with Gasteiger partial charge in [0.1, 0.15) is 17.0 Å². The molecule has 1 amide bonds. The number of carbonyl (C=O) groups is 1. The van der Waals surface area contributed by atoms with Crippen LogP contribution in [0, 0.1) is 27.7 Å². The number of amides is 1. The zero-order chi connectivity index (χ0) is 24.0. The van der Waals surface area contributed by atoms with Gasteiger partial charge in [-0.15, -0.1) is 0 Å². The average molecular weight is 456 g/mol. The lowest BCUT2D eigenvalue weighted by Crippen LogP contribution is -2.18. The lowest BCUT2D eigenvalue weighted by atomic mass is 10.0. The molecule has 7 heteroatoms. The van der Waals surface area contributed by atoms with Crippen molar-refractivity contribution in [3.8, 4) is 5.69 Å². The van der Waals surface area contributed by atoms with E-state index >= 15 is 0 Å². The van der Waals surface area contributed by atoms with Crippen LogP contribution in [0.4, 0.5) is 5.82 Å². The molecule has 3 heterocycles. The smallest absolute Gasteiger partial charge is 0.339 e. The largest absolute Gasteiger partial charge is 0.464 e. The Morgan fingerprint density at radius 3 is 2.53 bits per heavy atom. The highest BCUT2D eigenvalue weighted by Crippen LogP contribution is 2.29. The molecule has 0 aliphatic rings. The van der Waals surface area contributed by atoms with Crippen molar-refractivity contribution in [3.63, 3.8) is 0 Å². The summed E-state index contributed by atoms with van der Waals surface area (Å²) in [6.07, 6.45) is 2.10. The van der Waals surface area contributed by atoms with E-state index in [0.717, 1.165) is 38.8 Å². The zero-order valence-corrected chi connectivity index (χ0v) is 19.6. The molecule has 0 fully saturated rings. The number of nitrogens with zero attached hydrogens (tertiary/aromatic N) is 2. The number of rotatable bonds is 5. The highest BCUT2D eigenvalue weighted by molar-refractivity contribution is 5.96. The predicted molar refractivity (Wildman–Crippen MR) is 132 cm³/mol. The van der Waals surface area contributed by atoms with Crippen molar-refractivity contribution in [2.45, 2.75) is 40.5 Å². The molecule has 5 rings (SSSR count). The minimum Gasteiger partial charge on any atom is -0.464 e. The summed E-state index contributed by atoms with van der Waals surface area (Å²) in [6.45, 7) is 7.76. The number of benzene rings is 2. The average Bonchev–Trinajstić information content (AvgIpc) is 3.34. The van der Waals surface area contributed by atoms with Crippen LogP contribution in [0.15, 0.2) is 62.4 Å². The Hall–Kier alpha value is -4.13. The first-order valence-electron chi connectivity index (χ1n) is 11.2. The number of carbonyl (C=O) groups excluding carboxylic acids is 1. The molecule has 0 bridgehead atoms. The van der Waals surface area contributed by atoms with Crippen LogP contribution >= 0.6 is 0 Å². The van der Waals surface area contributed by atoms with E-state index in [0.29, 0.717) is 22.5 Å². The van der Waals surface area contributed by atoms with Crippen molar-refractivity contribution in [2.75, 3.05) is 5.32 Å². The van der Waals surface area contributed by atoms with Crippen LogP contribution in [-0.4, -0.2) is 15.7 Å². The maximum absolute atomic E-state index is 12.8. The number of aryl methyl sites for hydroxylation is 4. The van der Waals surface area contributed by atoms with E-state index in [2.05, 4.69) is 10.4 Å². The lowest BCUT2D eigenvalue weighted by molar-refractivity contribution is -0.116. The summed E-state index contributed by atoms with van der Waals surface area (Å²) in [6, 6.07) is 13.5. The fraction of sp³-hybridized carbons (Fsp3) is 0.222. The van der Waals surface area contributed by atoms with Crippen molar-refractivity contribution in [3.05, 3.63) is 87.1 Å². The molecule has 7 nitrogen and oxygen atoms in total. The minimum absolute atomic E-state index is 0.141. The fourth-order valence-corrected chi connectivity index (χ4v) is 4.24. The Morgan fingerprint density at radius 1 is 1.00 bits per heavy atom. The molecule has 172 valence electrons. The van der Waals surface area contributed by atoms with E-state index in [4.69, 9.17) is 8.83 Å². The monoisotopic (exact) mass is 455 g/mol. The predicted octanol–water partition coefficient (Wildman–Crippen LogP) is 5.53. The zero-order valence-electron chi connectivity index (χ0n) is 19.6. The van der Waals surface area contributed by atoms with Gasteiger partial charge in [0.2, 0.25) is 5.91 Å². The van der Waals surface area contributed by atoms with Gasteiger partial charge in [0.05, 0.1) is 17.6 Å². The van der Waals surface area contributed by atoms with Crippen LogP contribution in [0.5, 0.6) is 0 Å². The SMILES string of the molecule is Cc1ccc(-n2nc(C)cc2NC(=O)CCc2c(C)c3cc4c(C)coc4cc3oc2=O)cc1. The number of fused-ring (bicyclic) bond motifs is 2. The second-order valence-electron chi connectivity index (χ2n) is 8.72. The third-order valence-corrected chi connectivity index (χ3v) is 6.15. The van der Waals surface area contributed by atoms with Gasteiger partial charge in [-0.1, -0.05) is 17.7 Å². The number of nitrogens with one attached hydrogen (secondary N) is 1. The molecule has 5 aromatic rings. The number of hydrogen-bond acceptors (Lipinski definition) is 5. The maximum Gasteiger partial charge on any atom is 0.339 e. The van der Waals surface area contributed by atoms with Crippen molar-refractivity contribution in [2.24, 2.45) is 0 Å². The van der Waals surface area contributed by atoms with Crippen LogP contribution in [0.2, 0.25) is 0 Å². The molecule has 0 spiro atoms. The Bertz CT molecular complexity index is 1600. The van der Waals surface area contributed by atoms with E-state index in [-0.39, 0.29) is 18.7 Å². The first kappa shape index (κ1) is 21.7. The third kappa shape index (κ3) is 3.90. The minimum atomic E-state index is -0.430. The summed E-state index contributed by atoms with van der Waals surface area (Å²) in [5, 5.41) is 9.26. The maximum atomic E-state index is 12.8. The molecule has 0 saturated carbocycles. The third-order valence-electron chi connectivity index (χ3n) is 6.15. The van der Waals surface area contributed by atoms with Crippen LogP contribution in [0.3, 0.4) is 0 Å².